The molecule has 0 amide bonds. The zero-order valence-corrected chi connectivity index (χ0v) is 13.5. The third-order valence-electron chi connectivity index (χ3n) is 4.01. The van der Waals surface area contributed by atoms with Gasteiger partial charge in [-0.05, 0) is 55.4 Å². The maximum atomic E-state index is 12.4. The van der Waals surface area contributed by atoms with E-state index < -0.39 is 10.0 Å². The quantitative estimate of drug-likeness (QED) is 0.833. The standard InChI is InChI=1S/C15H24N2O3S/c1-11-7-12(2)15(8-14(11)9-16)21(18,19)17-5-3-13-4-6-20-10-13/h7-8,13,17H,3-6,9-10,16H2,1-2H3. The van der Waals surface area contributed by atoms with Gasteiger partial charge in [0.15, 0.2) is 0 Å². The fourth-order valence-electron chi connectivity index (χ4n) is 2.67. The number of aryl methyl sites for hydroxylation is 2. The fourth-order valence-corrected chi connectivity index (χ4v) is 3.99. The van der Waals surface area contributed by atoms with Gasteiger partial charge in [-0.25, -0.2) is 13.1 Å². The first-order valence-corrected chi connectivity index (χ1v) is 8.80. The molecule has 0 bridgehead atoms. The molecule has 1 heterocycles. The van der Waals surface area contributed by atoms with E-state index >= 15 is 0 Å². The van der Waals surface area contributed by atoms with Gasteiger partial charge in [0.2, 0.25) is 10.0 Å². The smallest absolute Gasteiger partial charge is 0.240 e. The van der Waals surface area contributed by atoms with Crippen molar-refractivity contribution in [1.29, 1.82) is 0 Å². The van der Waals surface area contributed by atoms with Crippen LogP contribution in [0.15, 0.2) is 17.0 Å². The Kier molecular flexibility index (Phi) is 5.37. The molecule has 2 rings (SSSR count). The van der Waals surface area contributed by atoms with Gasteiger partial charge in [-0.3, -0.25) is 0 Å². The first-order valence-electron chi connectivity index (χ1n) is 7.31. The van der Waals surface area contributed by atoms with Crippen LogP contribution in [0.5, 0.6) is 0 Å². The van der Waals surface area contributed by atoms with Crippen molar-refractivity contribution in [1.82, 2.24) is 4.72 Å². The highest BCUT2D eigenvalue weighted by Crippen LogP contribution is 2.21. The molecule has 0 radical (unpaired) electrons. The molecule has 5 nitrogen and oxygen atoms in total. The summed E-state index contributed by atoms with van der Waals surface area (Å²) in [7, 11) is -3.48. The van der Waals surface area contributed by atoms with E-state index in [9.17, 15) is 8.42 Å². The molecule has 118 valence electrons. The molecule has 3 N–H and O–H groups in total. The van der Waals surface area contributed by atoms with Gasteiger partial charge in [-0.2, -0.15) is 0 Å². The average Bonchev–Trinajstić information content (AvgIpc) is 2.91. The van der Waals surface area contributed by atoms with Gasteiger partial charge in [-0.15, -0.1) is 0 Å². The number of hydrogen-bond donors (Lipinski definition) is 2. The van der Waals surface area contributed by atoms with Crippen LogP contribution in [0.2, 0.25) is 0 Å². The van der Waals surface area contributed by atoms with E-state index in [0.29, 0.717) is 23.9 Å². The van der Waals surface area contributed by atoms with Crippen molar-refractivity contribution in [2.75, 3.05) is 19.8 Å². The predicted molar refractivity (Wildman–Crippen MR) is 82.5 cm³/mol. The van der Waals surface area contributed by atoms with E-state index in [0.717, 1.165) is 42.7 Å². The normalized spacial score (nSPS) is 19.1. The van der Waals surface area contributed by atoms with Crippen molar-refractivity contribution >= 4 is 10.0 Å². The largest absolute Gasteiger partial charge is 0.381 e. The summed E-state index contributed by atoms with van der Waals surface area (Å²) in [4.78, 5) is 0.330. The summed E-state index contributed by atoms with van der Waals surface area (Å²) in [6.07, 6.45) is 1.83. The van der Waals surface area contributed by atoms with E-state index in [1.807, 2.05) is 19.9 Å². The highest BCUT2D eigenvalue weighted by molar-refractivity contribution is 7.89. The van der Waals surface area contributed by atoms with Gasteiger partial charge in [-0.1, -0.05) is 6.07 Å². The number of benzene rings is 1. The molecule has 21 heavy (non-hydrogen) atoms. The van der Waals surface area contributed by atoms with Crippen molar-refractivity contribution < 1.29 is 13.2 Å². The third kappa shape index (κ3) is 4.03. The van der Waals surface area contributed by atoms with Gasteiger partial charge in [0.05, 0.1) is 4.90 Å². The molecule has 0 spiro atoms. The molecule has 1 saturated heterocycles. The van der Waals surface area contributed by atoms with Gasteiger partial charge < -0.3 is 10.5 Å². The Labute approximate surface area is 126 Å². The molecular weight excluding hydrogens is 288 g/mol. The van der Waals surface area contributed by atoms with E-state index in [2.05, 4.69) is 4.72 Å². The Balaban J connectivity index is 2.07. The summed E-state index contributed by atoms with van der Waals surface area (Å²) >= 11 is 0. The molecule has 6 heteroatoms. The molecule has 1 fully saturated rings. The molecule has 1 aliphatic rings. The average molecular weight is 312 g/mol. The summed E-state index contributed by atoms with van der Waals surface area (Å²) in [6, 6.07) is 3.56. The molecule has 0 aliphatic carbocycles. The molecule has 1 unspecified atom stereocenters. The summed E-state index contributed by atoms with van der Waals surface area (Å²) < 4.78 is 32.8. The first kappa shape index (κ1) is 16.4. The van der Waals surface area contributed by atoms with Gasteiger partial charge in [0.1, 0.15) is 0 Å². The number of sulfonamides is 1. The minimum absolute atomic E-state index is 0.330. The minimum atomic E-state index is -3.48. The van der Waals surface area contributed by atoms with E-state index in [-0.39, 0.29) is 0 Å². The van der Waals surface area contributed by atoms with Crippen LogP contribution in [0.1, 0.15) is 29.5 Å². The highest BCUT2D eigenvalue weighted by atomic mass is 32.2. The van der Waals surface area contributed by atoms with Crippen LogP contribution >= 0.6 is 0 Å². The lowest BCUT2D eigenvalue weighted by Crippen LogP contribution is -2.27. The molecule has 0 aromatic heterocycles. The monoisotopic (exact) mass is 312 g/mol. The lowest BCUT2D eigenvalue weighted by Gasteiger charge is -2.13. The summed E-state index contributed by atoms with van der Waals surface area (Å²) in [5.41, 5.74) is 8.31. The highest BCUT2D eigenvalue weighted by Gasteiger charge is 2.20. The lowest BCUT2D eigenvalue weighted by atomic mass is 10.1. The maximum absolute atomic E-state index is 12.4. The zero-order chi connectivity index (χ0) is 15.5. The second-order valence-electron chi connectivity index (χ2n) is 5.66. The van der Waals surface area contributed by atoms with Crippen LogP contribution in [0.4, 0.5) is 0 Å². The molecule has 1 aromatic carbocycles. The molecule has 0 saturated carbocycles. The second-order valence-corrected chi connectivity index (χ2v) is 7.40. The molecule has 1 aliphatic heterocycles. The Bertz CT molecular complexity index is 593. The van der Waals surface area contributed by atoms with Crippen LogP contribution in [0.25, 0.3) is 0 Å². The maximum Gasteiger partial charge on any atom is 0.240 e. The number of nitrogens with two attached hydrogens (primary N) is 1. The zero-order valence-electron chi connectivity index (χ0n) is 12.7. The van der Waals surface area contributed by atoms with E-state index in [1.165, 1.54) is 0 Å². The van der Waals surface area contributed by atoms with Crippen LogP contribution < -0.4 is 10.5 Å². The number of hydrogen-bond acceptors (Lipinski definition) is 4. The number of nitrogens with one attached hydrogen (secondary N) is 1. The van der Waals surface area contributed by atoms with Crippen LogP contribution in [-0.2, 0) is 21.3 Å². The molecule has 1 aromatic rings. The van der Waals surface area contributed by atoms with Gasteiger partial charge >= 0.3 is 0 Å². The van der Waals surface area contributed by atoms with Crippen molar-refractivity contribution in [3.05, 3.63) is 28.8 Å². The Morgan fingerprint density at radius 2 is 2.10 bits per heavy atom. The van der Waals surface area contributed by atoms with E-state index in [1.54, 1.807) is 6.07 Å². The summed E-state index contributed by atoms with van der Waals surface area (Å²) in [5.74, 6) is 0.464. The topological polar surface area (TPSA) is 81.4 Å². The van der Waals surface area contributed by atoms with Crippen LogP contribution in [0, 0.1) is 19.8 Å². The Hall–Kier alpha value is -0.950. The third-order valence-corrected chi connectivity index (χ3v) is 5.61. The van der Waals surface area contributed by atoms with E-state index in [4.69, 9.17) is 10.5 Å². The summed E-state index contributed by atoms with van der Waals surface area (Å²) in [5, 5.41) is 0. The summed E-state index contributed by atoms with van der Waals surface area (Å²) in [6.45, 7) is 6.07. The SMILES string of the molecule is Cc1cc(C)c(S(=O)(=O)NCCC2CCOC2)cc1CN. The lowest BCUT2D eigenvalue weighted by molar-refractivity contribution is 0.184. The van der Waals surface area contributed by atoms with Crippen molar-refractivity contribution in [3.63, 3.8) is 0 Å². The van der Waals surface area contributed by atoms with Gasteiger partial charge in [0.25, 0.3) is 0 Å². The van der Waals surface area contributed by atoms with Crippen molar-refractivity contribution in [3.8, 4) is 0 Å². The van der Waals surface area contributed by atoms with Crippen LogP contribution in [0.3, 0.4) is 0 Å². The first-order chi connectivity index (χ1) is 9.94. The molecule has 1 atom stereocenters. The minimum Gasteiger partial charge on any atom is -0.381 e. The Morgan fingerprint density at radius 3 is 2.71 bits per heavy atom. The van der Waals surface area contributed by atoms with Crippen molar-refractivity contribution in [2.24, 2.45) is 11.7 Å². The fraction of sp³-hybridized carbons (Fsp3) is 0.600. The van der Waals surface area contributed by atoms with Crippen LogP contribution in [-0.4, -0.2) is 28.2 Å². The molecular formula is C15H24N2O3S. The van der Waals surface area contributed by atoms with Crippen molar-refractivity contribution in [2.45, 2.75) is 38.1 Å². The predicted octanol–water partition coefficient (Wildman–Crippen LogP) is 1.47. The number of ether oxygens (including phenoxy) is 1. The Morgan fingerprint density at radius 1 is 1.33 bits per heavy atom. The second kappa shape index (κ2) is 6.87. The number of rotatable bonds is 6. The van der Waals surface area contributed by atoms with Gasteiger partial charge in [0, 0.05) is 26.3 Å².